The number of hydrogen-bond donors (Lipinski definition) is 0. The van der Waals surface area contributed by atoms with Crippen LogP contribution in [0.1, 0.15) is 13.3 Å². The molecule has 90 valence electrons. The Labute approximate surface area is 104 Å². The van der Waals surface area contributed by atoms with Crippen LogP contribution in [0.2, 0.25) is 5.15 Å². The zero-order valence-corrected chi connectivity index (χ0v) is 10.2. The predicted molar refractivity (Wildman–Crippen MR) is 64.0 cm³/mol. The van der Waals surface area contributed by atoms with Gasteiger partial charge in [0.2, 0.25) is 5.82 Å². The van der Waals surface area contributed by atoms with Gasteiger partial charge in [-0.1, -0.05) is 11.6 Å². The fraction of sp³-hybridized carbons (Fsp3) is 0.400. The van der Waals surface area contributed by atoms with Gasteiger partial charge < -0.3 is 4.90 Å². The lowest BCUT2D eigenvalue weighted by molar-refractivity contribution is -0.384. The molecule has 6 nitrogen and oxygen atoms in total. The molecule has 1 unspecified atom stereocenters. The third kappa shape index (κ3) is 3.04. The van der Waals surface area contributed by atoms with Crippen LogP contribution in [0.5, 0.6) is 0 Å². The van der Waals surface area contributed by atoms with Crippen molar-refractivity contribution in [3.63, 3.8) is 0 Å². The smallest absolute Gasteiger partial charge is 0.311 e. The van der Waals surface area contributed by atoms with Crippen molar-refractivity contribution < 1.29 is 4.92 Å². The Balaban J connectivity index is 3.15. The molecule has 0 aromatic carbocycles. The Morgan fingerprint density at radius 2 is 2.35 bits per heavy atom. The summed E-state index contributed by atoms with van der Waals surface area (Å²) in [6.45, 7) is 1.79. The number of halogens is 1. The van der Waals surface area contributed by atoms with Crippen molar-refractivity contribution in [3.8, 4) is 6.07 Å². The highest BCUT2D eigenvalue weighted by molar-refractivity contribution is 6.29. The molecule has 0 N–H and O–H groups in total. The molecule has 0 aliphatic heterocycles. The molecular formula is C10H11ClN4O2. The summed E-state index contributed by atoms with van der Waals surface area (Å²) in [7, 11) is 1.65. The molecule has 1 rings (SSSR count). The van der Waals surface area contributed by atoms with Gasteiger partial charge in [-0.05, 0) is 13.0 Å². The summed E-state index contributed by atoms with van der Waals surface area (Å²) in [5.41, 5.74) is -0.123. The first-order chi connectivity index (χ1) is 7.97. The Hall–Kier alpha value is -1.87. The van der Waals surface area contributed by atoms with Gasteiger partial charge in [-0.3, -0.25) is 10.1 Å². The minimum absolute atomic E-state index is 0.123. The van der Waals surface area contributed by atoms with Gasteiger partial charge in [0, 0.05) is 19.2 Å². The number of nitro groups is 1. The maximum Gasteiger partial charge on any atom is 0.311 e. The molecule has 0 saturated carbocycles. The molecule has 0 saturated heterocycles. The molecule has 0 spiro atoms. The van der Waals surface area contributed by atoms with Gasteiger partial charge in [0.25, 0.3) is 0 Å². The van der Waals surface area contributed by atoms with Crippen molar-refractivity contribution in [2.75, 3.05) is 11.9 Å². The van der Waals surface area contributed by atoms with E-state index in [1.807, 2.05) is 6.07 Å². The van der Waals surface area contributed by atoms with E-state index in [0.717, 1.165) is 0 Å². The Bertz CT molecular complexity index is 472. The molecule has 1 heterocycles. The fourth-order valence-corrected chi connectivity index (χ4v) is 1.44. The van der Waals surface area contributed by atoms with Crippen molar-refractivity contribution >= 4 is 23.1 Å². The zero-order valence-electron chi connectivity index (χ0n) is 9.42. The lowest BCUT2D eigenvalue weighted by Gasteiger charge is -2.23. The zero-order chi connectivity index (χ0) is 13.0. The third-order valence-corrected chi connectivity index (χ3v) is 2.61. The maximum atomic E-state index is 10.8. The average Bonchev–Trinajstić information content (AvgIpc) is 2.27. The molecule has 0 amide bonds. The number of pyridine rings is 1. The third-order valence-electron chi connectivity index (χ3n) is 2.40. The summed E-state index contributed by atoms with van der Waals surface area (Å²) in [5, 5.41) is 19.6. The molecule has 7 heteroatoms. The van der Waals surface area contributed by atoms with Gasteiger partial charge >= 0.3 is 5.69 Å². The van der Waals surface area contributed by atoms with E-state index < -0.39 is 4.92 Å². The topological polar surface area (TPSA) is 83.1 Å². The number of hydrogen-bond acceptors (Lipinski definition) is 5. The Kier molecular flexibility index (Phi) is 4.24. The molecule has 0 radical (unpaired) electrons. The second-order valence-electron chi connectivity index (χ2n) is 3.56. The van der Waals surface area contributed by atoms with Crippen molar-refractivity contribution in [3.05, 3.63) is 27.4 Å². The number of nitrogens with zero attached hydrogens (tertiary/aromatic N) is 4. The van der Waals surface area contributed by atoms with E-state index in [9.17, 15) is 10.1 Å². The second kappa shape index (κ2) is 5.46. The van der Waals surface area contributed by atoms with Crippen LogP contribution in [0.15, 0.2) is 12.1 Å². The highest BCUT2D eigenvalue weighted by atomic mass is 35.5. The van der Waals surface area contributed by atoms with Crippen molar-refractivity contribution in [2.45, 2.75) is 19.4 Å². The van der Waals surface area contributed by atoms with Gasteiger partial charge in [-0.15, -0.1) is 0 Å². The molecule has 0 aliphatic rings. The minimum Gasteiger partial charge on any atom is -0.350 e. The lowest BCUT2D eigenvalue weighted by Crippen LogP contribution is -2.29. The summed E-state index contributed by atoms with van der Waals surface area (Å²) < 4.78 is 0. The number of nitriles is 1. The van der Waals surface area contributed by atoms with Crippen LogP contribution in [-0.4, -0.2) is 23.0 Å². The first-order valence-electron chi connectivity index (χ1n) is 4.88. The van der Waals surface area contributed by atoms with Crippen molar-refractivity contribution in [1.29, 1.82) is 5.26 Å². The number of rotatable bonds is 4. The normalized spacial score (nSPS) is 11.6. The molecular weight excluding hydrogens is 244 g/mol. The predicted octanol–water partition coefficient (Wildman–Crippen LogP) is 2.38. The Morgan fingerprint density at radius 3 is 2.88 bits per heavy atom. The van der Waals surface area contributed by atoms with Crippen LogP contribution in [-0.2, 0) is 0 Å². The van der Waals surface area contributed by atoms with Gasteiger partial charge in [-0.25, -0.2) is 4.98 Å². The number of anilines is 1. The van der Waals surface area contributed by atoms with E-state index in [1.165, 1.54) is 12.1 Å². The summed E-state index contributed by atoms with van der Waals surface area (Å²) in [5.74, 6) is 0.172. The van der Waals surface area contributed by atoms with Gasteiger partial charge in [0.05, 0.1) is 17.4 Å². The van der Waals surface area contributed by atoms with Crippen LogP contribution in [0.4, 0.5) is 11.5 Å². The van der Waals surface area contributed by atoms with E-state index in [4.69, 9.17) is 16.9 Å². The molecule has 0 bridgehead atoms. The average molecular weight is 255 g/mol. The summed E-state index contributed by atoms with van der Waals surface area (Å²) in [4.78, 5) is 15.8. The molecule has 1 atom stereocenters. The number of aromatic nitrogens is 1. The summed E-state index contributed by atoms with van der Waals surface area (Å²) >= 11 is 5.72. The largest absolute Gasteiger partial charge is 0.350 e. The maximum absolute atomic E-state index is 10.8. The first kappa shape index (κ1) is 13.2. The van der Waals surface area contributed by atoms with Crippen LogP contribution in [0.25, 0.3) is 0 Å². The van der Waals surface area contributed by atoms with Crippen LogP contribution < -0.4 is 4.90 Å². The van der Waals surface area contributed by atoms with Crippen LogP contribution >= 0.6 is 11.6 Å². The summed E-state index contributed by atoms with van der Waals surface area (Å²) in [6, 6.07) is 4.51. The highest BCUT2D eigenvalue weighted by Gasteiger charge is 2.22. The standard InChI is InChI=1S/C10H11ClN4O2/c1-7(5-6-12)14(2)10-8(15(16)17)3-4-9(11)13-10/h3-4,7H,5H2,1-2H3. The van der Waals surface area contributed by atoms with E-state index in [0.29, 0.717) is 0 Å². The highest BCUT2D eigenvalue weighted by Crippen LogP contribution is 2.28. The first-order valence-corrected chi connectivity index (χ1v) is 5.26. The minimum atomic E-state index is -0.520. The van der Waals surface area contributed by atoms with Crippen LogP contribution in [0.3, 0.4) is 0 Å². The monoisotopic (exact) mass is 254 g/mol. The van der Waals surface area contributed by atoms with E-state index in [1.54, 1.807) is 18.9 Å². The molecule has 1 aromatic heterocycles. The van der Waals surface area contributed by atoms with Crippen molar-refractivity contribution in [1.82, 2.24) is 4.98 Å². The Morgan fingerprint density at radius 1 is 1.71 bits per heavy atom. The van der Waals surface area contributed by atoms with E-state index in [2.05, 4.69) is 4.98 Å². The SMILES string of the molecule is CC(CC#N)N(C)c1nc(Cl)ccc1[N+](=O)[O-]. The molecule has 1 aromatic rings. The van der Waals surface area contributed by atoms with E-state index in [-0.39, 0.29) is 29.1 Å². The fourth-order valence-electron chi connectivity index (χ4n) is 1.30. The lowest BCUT2D eigenvalue weighted by atomic mass is 10.2. The molecule has 0 aliphatic carbocycles. The van der Waals surface area contributed by atoms with Crippen molar-refractivity contribution in [2.24, 2.45) is 0 Å². The quantitative estimate of drug-likeness (QED) is 0.468. The molecule has 0 fully saturated rings. The van der Waals surface area contributed by atoms with Gasteiger partial charge in [0.15, 0.2) is 0 Å². The van der Waals surface area contributed by atoms with Crippen LogP contribution in [0, 0.1) is 21.4 Å². The van der Waals surface area contributed by atoms with E-state index >= 15 is 0 Å². The van der Waals surface area contributed by atoms with Gasteiger partial charge in [-0.2, -0.15) is 5.26 Å². The summed E-state index contributed by atoms with van der Waals surface area (Å²) in [6.07, 6.45) is 0.252. The van der Waals surface area contributed by atoms with Gasteiger partial charge in [0.1, 0.15) is 5.15 Å². The molecule has 17 heavy (non-hydrogen) atoms. The second-order valence-corrected chi connectivity index (χ2v) is 3.94.